The van der Waals surface area contributed by atoms with Gasteiger partial charge in [0.25, 0.3) is 0 Å². The van der Waals surface area contributed by atoms with Gasteiger partial charge in [0.05, 0.1) is 24.3 Å². The van der Waals surface area contributed by atoms with Crippen LogP contribution in [0.4, 0.5) is 0 Å². The van der Waals surface area contributed by atoms with Crippen LogP contribution in [0.2, 0.25) is 0 Å². The van der Waals surface area contributed by atoms with E-state index in [1.165, 1.54) is 28.3 Å². The number of methoxy groups -OCH3 is 3. The quantitative estimate of drug-likeness (QED) is 0.150. The molecule has 2 aliphatic rings. The molecule has 2 heterocycles. The second-order valence-corrected chi connectivity index (χ2v) is 10.5. The number of likely N-dealkylation sites (N-methyl/N-ethyl adjacent to an activating group) is 2. The number of hydrogen-bond acceptors (Lipinski definition) is 14. The van der Waals surface area contributed by atoms with E-state index in [1.807, 2.05) is 0 Å². The molecule has 0 saturated carbocycles. The SMILES string of the molecule is CNC1(C)C(OCC2OC(OC)C(C)(NC)C(C)(O)C2O)OC(COC)C(O[P+]([O-])(O)O)C1OC. The Kier molecular flexibility index (Phi) is 10.4. The van der Waals surface area contributed by atoms with Gasteiger partial charge in [0, 0.05) is 21.3 Å². The Balaban J connectivity index is 2.30. The van der Waals surface area contributed by atoms with Crippen molar-refractivity contribution in [1.82, 2.24) is 10.6 Å². The smallest absolute Gasteiger partial charge is 0.374 e. The highest BCUT2D eigenvalue weighted by Gasteiger charge is 2.61. The minimum atomic E-state index is -4.90. The van der Waals surface area contributed by atoms with Crippen LogP contribution in [0.5, 0.6) is 0 Å². The zero-order valence-electron chi connectivity index (χ0n) is 21.5. The Hall–Kier alpha value is -0.130. The number of nitrogens with one attached hydrogen (secondary N) is 2. The van der Waals surface area contributed by atoms with Gasteiger partial charge in [-0.25, -0.2) is 0 Å². The van der Waals surface area contributed by atoms with Gasteiger partial charge in [0.1, 0.15) is 30.0 Å². The fourth-order valence-corrected chi connectivity index (χ4v) is 5.29. The summed E-state index contributed by atoms with van der Waals surface area (Å²) in [5.74, 6) is 0. The van der Waals surface area contributed by atoms with Crippen molar-refractivity contribution in [2.24, 2.45) is 0 Å². The van der Waals surface area contributed by atoms with Crippen LogP contribution in [0.1, 0.15) is 20.8 Å². The molecule has 0 amide bonds. The molecule has 35 heavy (non-hydrogen) atoms. The first kappa shape index (κ1) is 31.1. The summed E-state index contributed by atoms with van der Waals surface area (Å²) in [5.41, 5.74) is -3.96. The lowest BCUT2D eigenvalue weighted by atomic mass is 9.74. The number of phosphoric ester groups is 1. The molecule has 2 rings (SSSR count). The van der Waals surface area contributed by atoms with Crippen molar-refractivity contribution in [3.05, 3.63) is 0 Å². The number of rotatable bonds is 11. The molecule has 6 N–H and O–H groups in total. The second-order valence-electron chi connectivity index (χ2n) is 9.33. The van der Waals surface area contributed by atoms with Crippen LogP contribution >= 0.6 is 8.17 Å². The standard InChI is InChI=1S/C20H41N2O12P/c1-18(21-4)15(29-7)13(34-35(25,26)27)11(9-28-6)32-16(18)31-10-12-14(23)20(3,24)19(2,22-5)17(30-8)33-12/h11-17,21-24H,9-10H2,1-8H3,(H2,25,26,27). The Labute approximate surface area is 206 Å². The van der Waals surface area contributed by atoms with E-state index in [0.29, 0.717) is 0 Å². The van der Waals surface area contributed by atoms with Crippen molar-refractivity contribution < 1.29 is 57.8 Å². The molecule has 0 radical (unpaired) electrons. The normalized spacial score (nSPS) is 45.0. The summed E-state index contributed by atoms with van der Waals surface area (Å²) >= 11 is 0. The highest BCUT2D eigenvalue weighted by atomic mass is 31.2. The van der Waals surface area contributed by atoms with Gasteiger partial charge in [-0.3, -0.25) is 0 Å². The Morgan fingerprint density at radius 3 is 2.00 bits per heavy atom. The van der Waals surface area contributed by atoms with Gasteiger partial charge >= 0.3 is 8.17 Å². The van der Waals surface area contributed by atoms with Crippen LogP contribution in [-0.4, -0.2) is 128 Å². The summed E-state index contributed by atoms with van der Waals surface area (Å²) in [6.07, 6.45) is -7.47. The lowest BCUT2D eigenvalue weighted by Gasteiger charge is -2.55. The second kappa shape index (κ2) is 11.7. The lowest BCUT2D eigenvalue weighted by molar-refractivity contribution is -0.341. The van der Waals surface area contributed by atoms with Crippen LogP contribution in [0.15, 0.2) is 0 Å². The van der Waals surface area contributed by atoms with Crippen molar-refractivity contribution in [2.75, 3.05) is 48.6 Å². The average Bonchev–Trinajstić information content (AvgIpc) is 2.79. The van der Waals surface area contributed by atoms with Crippen molar-refractivity contribution >= 4 is 8.17 Å². The van der Waals surface area contributed by atoms with Crippen LogP contribution in [0.3, 0.4) is 0 Å². The van der Waals surface area contributed by atoms with Gasteiger partial charge in [0.2, 0.25) is 0 Å². The van der Waals surface area contributed by atoms with Crippen molar-refractivity contribution in [1.29, 1.82) is 0 Å². The molecule has 208 valence electrons. The van der Waals surface area contributed by atoms with E-state index in [4.69, 9.17) is 32.9 Å². The maximum absolute atomic E-state index is 11.6. The predicted octanol–water partition coefficient (Wildman–Crippen LogP) is -2.76. The van der Waals surface area contributed by atoms with Gasteiger partial charge in [-0.15, -0.1) is 0 Å². The Morgan fingerprint density at radius 2 is 1.54 bits per heavy atom. The molecule has 14 nitrogen and oxygen atoms in total. The largest absolute Gasteiger partial charge is 0.606 e. The third-order valence-corrected chi connectivity index (χ3v) is 7.84. The van der Waals surface area contributed by atoms with E-state index >= 15 is 0 Å². The number of ether oxygens (including phenoxy) is 6. The van der Waals surface area contributed by atoms with Crippen LogP contribution < -0.4 is 15.5 Å². The lowest BCUT2D eigenvalue weighted by Crippen LogP contribution is -2.77. The molecule has 0 aromatic carbocycles. The van der Waals surface area contributed by atoms with Gasteiger partial charge in [-0.05, 0) is 34.9 Å². The molecule has 0 aromatic rings. The number of hydrogen-bond donors (Lipinski definition) is 6. The Morgan fingerprint density at radius 1 is 0.943 bits per heavy atom. The maximum atomic E-state index is 11.6. The van der Waals surface area contributed by atoms with E-state index in [1.54, 1.807) is 27.9 Å². The fourth-order valence-electron chi connectivity index (χ4n) is 4.73. The minimum Gasteiger partial charge on any atom is -0.606 e. The van der Waals surface area contributed by atoms with Crippen LogP contribution in [0.25, 0.3) is 0 Å². The van der Waals surface area contributed by atoms with Gasteiger partial charge in [-0.2, -0.15) is 14.3 Å². The van der Waals surface area contributed by atoms with Gasteiger partial charge in [-0.1, -0.05) is 0 Å². The summed E-state index contributed by atoms with van der Waals surface area (Å²) in [6.45, 7) is 4.52. The molecular formula is C20H41N2O12P. The predicted molar refractivity (Wildman–Crippen MR) is 121 cm³/mol. The molecule has 2 fully saturated rings. The van der Waals surface area contributed by atoms with Crippen molar-refractivity contribution in [3.8, 4) is 0 Å². The molecule has 0 aromatic heterocycles. The molecule has 10 unspecified atom stereocenters. The summed E-state index contributed by atoms with van der Waals surface area (Å²) in [7, 11) is 2.52. The van der Waals surface area contributed by atoms with E-state index in [9.17, 15) is 24.9 Å². The van der Waals surface area contributed by atoms with Crippen molar-refractivity contribution in [2.45, 2.75) is 80.5 Å². The molecule has 15 heteroatoms. The average molecular weight is 533 g/mol. The van der Waals surface area contributed by atoms with E-state index < -0.39 is 67.9 Å². The fraction of sp³-hybridized carbons (Fsp3) is 1.00. The van der Waals surface area contributed by atoms with E-state index in [2.05, 4.69) is 10.6 Å². The van der Waals surface area contributed by atoms with Gasteiger partial charge in [0.15, 0.2) is 18.7 Å². The van der Waals surface area contributed by atoms with Crippen LogP contribution in [-0.2, 0) is 32.9 Å². The highest BCUT2D eigenvalue weighted by Crippen LogP contribution is 2.47. The molecule has 0 aliphatic carbocycles. The first-order valence-corrected chi connectivity index (χ1v) is 12.7. The minimum absolute atomic E-state index is 0.0757. The number of aliphatic hydroxyl groups is 2. The summed E-state index contributed by atoms with van der Waals surface area (Å²) < 4.78 is 39.2. The number of aliphatic hydroxyl groups excluding tert-OH is 1. The van der Waals surface area contributed by atoms with Crippen LogP contribution in [0, 0.1) is 0 Å². The first-order chi connectivity index (χ1) is 16.2. The summed E-state index contributed by atoms with van der Waals surface area (Å²) in [4.78, 5) is 30.5. The summed E-state index contributed by atoms with van der Waals surface area (Å²) in [6, 6.07) is 0. The highest BCUT2D eigenvalue weighted by molar-refractivity contribution is 7.51. The van der Waals surface area contributed by atoms with E-state index in [-0.39, 0.29) is 13.2 Å². The third-order valence-electron chi connectivity index (χ3n) is 7.32. The molecular weight excluding hydrogens is 491 g/mol. The topological polar surface area (TPSA) is 193 Å². The first-order valence-electron chi connectivity index (χ1n) is 11.2. The summed E-state index contributed by atoms with van der Waals surface area (Å²) in [5, 5.41) is 28.1. The zero-order chi connectivity index (χ0) is 26.8. The Bertz CT molecular complexity index is 685. The molecule has 0 bridgehead atoms. The molecule has 0 spiro atoms. The van der Waals surface area contributed by atoms with Gasteiger partial charge < -0.3 is 54.2 Å². The third kappa shape index (κ3) is 5.98. The van der Waals surface area contributed by atoms with Crippen molar-refractivity contribution in [3.63, 3.8) is 0 Å². The number of phosphoric acid groups is 1. The van der Waals surface area contributed by atoms with E-state index in [0.717, 1.165) is 0 Å². The molecule has 2 saturated heterocycles. The molecule has 2 aliphatic heterocycles. The molecule has 10 atom stereocenters. The zero-order valence-corrected chi connectivity index (χ0v) is 22.4. The maximum Gasteiger partial charge on any atom is 0.374 e. The monoisotopic (exact) mass is 532 g/mol.